The van der Waals surface area contributed by atoms with Crippen LogP contribution in [0.3, 0.4) is 0 Å². The summed E-state index contributed by atoms with van der Waals surface area (Å²) in [7, 11) is 1.47. The molecule has 5 nitrogen and oxygen atoms in total. The summed E-state index contributed by atoms with van der Waals surface area (Å²) >= 11 is 0. The van der Waals surface area contributed by atoms with Gasteiger partial charge in [-0.05, 0) is 12.1 Å². The second-order valence-corrected chi connectivity index (χ2v) is 2.93. The topological polar surface area (TPSA) is 44.8 Å². The molecule has 0 bridgehead atoms. The monoisotopic (exact) mass is 205 g/mol. The summed E-state index contributed by atoms with van der Waals surface area (Å²) in [6.45, 7) is 0. The third kappa shape index (κ3) is 1.92. The molecule has 2 amide bonds. The summed E-state index contributed by atoms with van der Waals surface area (Å²) < 4.78 is 0. The van der Waals surface area contributed by atoms with E-state index >= 15 is 0 Å². The summed E-state index contributed by atoms with van der Waals surface area (Å²) in [5.74, 6) is 0. The number of hydrogen-bond donors (Lipinski definition) is 1. The molecular weight excluding hydrogens is 194 g/mol. The van der Waals surface area contributed by atoms with Crippen molar-refractivity contribution in [2.75, 3.05) is 12.0 Å². The van der Waals surface area contributed by atoms with Gasteiger partial charge in [0.25, 0.3) is 0 Å². The Hall–Kier alpha value is -2.01. The van der Waals surface area contributed by atoms with Crippen molar-refractivity contribution in [2.24, 2.45) is 0 Å². The number of hydrazine groups is 1. The van der Waals surface area contributed by atoms with Crippen LogP contribution in [0.4, 0.5) is 10.5 Å². The molecule has 78 valence electrons. The number of anilines is 1. The number of benzene rings is 1. The van der Waals surface area contributed by atoms with Crippen LogP contribution < -0.4 is 10.3 Å². The molecule has 15 heavy (non-hydrogen) atoms. The number of hydroxylamine groups is 1. The van der Waals surface area contributed by atoms with Crippen molar-refractivity contribution < 1.29 is 9.63 Å². The van der Waals surface area contributed by atoms with E-state index in [1.807, 2.05) is 30.3 Å². The van der Waals surface area contributed by atoms with Gasteiger partial charge in [0.15, 0.2) is 0 Å². The number of amides is 2. The zero-order valence-corrected chi connectivity index (χ0v) is 8.25. The van der Waals surface area contributed by atoms with Gasteiger partial charge in [-0.25, -0.2) is 10.2 Å². The highest BCUT2D eigenvalue weighted by atomic mass is 16.7. The minimum absolute atomic E-state index is 0.259. The Morgan fingerprint density at radius 3 is 2.53 bits per heavy atom. The number of urea groups is 1. The van der Waals surface area contributed by atoms with E-state index in [0.29, 0.717) is 0 Å². The van der Waals surface area contributed by atoms with Crippen molar-refractivity contribution in [1.82, 2.24) is 10.6 Å². The Bertz CT molecular complexity index is 378. The third-order valence-corrected chi connectivity index (χ3v) is 2.01. The maximum Gasteiger partial charge on any atom is 0.346 e. The van der Waals surface area contributed by atoms with Crippen LogP contribution in [-0.4, -0.2) is 18.3 Å². The van der Waals surface area contributed by atoms with Crippen LogP contribution in [0.15, 0.2) is 42.7 Å². The Labute approximate surface area is 87.5 Å². The maximum absolute atomic E-state index is 11.6. The van der Waals surface area contributed by atoms with Gasteiger partial charge in [-0.15, -0.1) is 0 Å². The predicted molar refractivity (Wildman–Crippen MR) is 55.4 cm³/mol. The fourth-order valence-corrected chi connectivity index (χ4v) is 1.28. The first-order valence-corrected chi connectivity index (χ1v) is 4.48. The number of para-hydroxylation sites is 1. The Kier molecular flexibility index (Phi) is 2.55. The molecule has 1 aliphatic heterocycles. The van der Waals surface area contributed by atoms with E-state index in [9.17, 15) is 4.79 Å². The van der Waals surface area contributed by atoms with Gasteiger partial charge in [-0.1, -0.05) is 18.2 Å². The van der Waals surface area contributed by atoms with Crippen molar-refractivity contribution in [3.63, 3.8) is 0 Å². The van der Waals surface area contributed by atoms with Crippen molar-refractivity contribution in [3.05, 3.63) is 42.7 Å². The molecule has 2 rings (SSSR count). The minimum Gasteiger partial charge on any atom is -0.267 e. The highest BCUT2D eigenvalue weighted by molar-refractivity contribution is 5.94. The Morgan fingerprint density at radius 2 is 1.93 bits per heavy atom. The standard InChI is InChI=1S/C10H11N3O2/c1-15-13-8-7-12(10(14)11-13)9-5-3-2-4-6-9/h2-8H,1H3,(H,11,14). The summed E-state index contributed by atoms with van der Waals surface area (Å²) in [5.41, 5.74) is 3.33. The fourth-order valence-electron chi connectivity index (χ4n) is 1.28. The smallest absolute Gasteiger partial charge is 0.267 e. The van der Waals surface area contributed by atoms with Crippen LogP contribution in [0, 0.1) is 0 Å². The first-order valence-electron chi connectivity index (χ1n) is 4.48. The summed E-state index contributed by atoms with van der Waals surface area (Å²) in [5, 5.41) is 1.24. The molecule has 1 N–H and O–H groups in total. The van der Waals surface area contributed by atoms with Gasteiger partial charge in [0.2, 0.25) is 0 Å². The SMILES string of the molecule is CON1C=CN(c2ccccc2)C(=O)N1. The molecule has 0 spiro atoms. The quantitative estimate of drug-likeness (QED) is 0.795. The second kappa shape index (κ2) is 4.02. The zero-order chi connectivity index (χ0) is 10.7. The summed E-state index contributed by atoms with van der Waals surface area (Å²) in [6.07, 6.45) is 3.26. The molecule has 5 heteroatoms. The second-order valence-electron chi connectivity index (χ2n) is 2.93. The zero-order valence-electron chi connectivity index (χ0n) is 8.25. The molecule has 0 aromatic heterocycles. The number of carbonyl (C=O) groups is 1. The number of nitrogens with one attached hydrogen (secondary N) is 1. The van der Waals surface area contributed by atoms with E-state index in [1.54, 1.807) is 12.4 Å². The third-order valence-electron chi connectivity index (χ3n) is 2.01. The van der Waals surface area contributed by atoms with Crippen LogP contribution in [0.5, 0.6) is 0 Å². The van der Waals surface area contributed by atoms with E-state index in [-0.39, 0.29) is 6.03 Å². The van der Waals surface area contributed by atoms with Crippen molar-refractivity contribution in [1.29, 1.82) is 0 Å². The van der Waals surface area contributed by atoms with E-state index < -0.39 is 0 Å². The molecular formula is C10H11N3O2. The van der Waals surface area contributed by atoms with Crippen molar-refractivity contribution in [3.8, 4) is 0 Å². The number of nitrogens with zero attached hydrogens (tertiary/aromatic N) is 2. The Morgan fingerprint density at radius 1 is 1.20 bits per heavy atom. The molecule has 0 saturated carbocycles. The van der Waals surface area contributed by atoms with E-state index in [4.69, 9.17) is 4.84 Å². The molecule has 1 aromatic rings. The molecule has 0 saturated heterocycles. The van der Waals surface area contributed by atoms with E-state index in [1.165, 1.54) is 17.2 Å². The van der Waals surface area contributed by atoms with Crippen LogP contribution >= 0.6 is 0 Å². The molecule has 1 aromatic carbocycles. The summed E-state index contributed by atoms with van der Waals surface area (Å²) in [4.78, 5) is 17.9. The van der Waals surface area contributed by atoms with Gasteiger partial charge in [0, 0.05) is 6.20 Å². The fraction of sp³-hybridized carbons (Fsp3) is 0.100. The first-order chi connectivity index (χ1) is 7.31. The lowest BCUT2D eigenvalue weighted by Gasteiger charge is -2.28. The number of rotatable bonds is 2. The van der Waals surface area contributed by atoms with Crippen LogP contribution in [-0.2, 0) is 4.84 Å². The highest BCUT2D eigenvalue weighted by Crippen LogP contribution is 2.15. The molecule has 1 heterocycles. The maximum atomic E-state index is 11.6. The van der Waals surface area contributed by atoms with Crippen LogP contribution in [0.1, 0.15) is 0 Å². The lowest BCUT2D eigenvalue weighted by atomic mass is 10.3. The normalized spacial score (nSPS) is 15.4. The van der Waals surface area contributed by atoms with Crippen molar-refractivity contribution in [2.45, 2.75) is 0 Å². The average Bonchev–Trinajstić information content (AvgIpc) is 2.30. The molecule has 0 unspecified atom stereocenters. The minimum atomic E-state index is -0.259. The van der Waals surface area contributed by atoms with Crippen LogP contribution in [0.25, 0.3) is 0 Å². The van der Waals surface area contributed by atoms with E-state index in [2.05, 4.69) is 5.43 Å². The molecule has 0 fully saturated rings. The Balaban J connectivity index is 2.22. The van der Waals surface area contributed by atoms with Gasteiger partial charge < -0.3 is 0 Å². The van der Waals surface area contributed by atoms with Gasteiger partial charge in [0.1, 0.15) is 0 Å². The summed E-state index contributed by atoms with van der Waals surface area (Å²) in [6, 6.07) is 9.10. The van der Waals surface area contributed by atoms with Crippen molar-refractivity contribution >= 4 is 11.7 Å². The van der Waals surface area contributed by atoms with Gasteiger partial charge in [-0.2, -0.15) is 5.17 Å². The largest absolute Gasteiger partial charge is 0.346 e. The first kappa shape index (κ1) is 9.54. The van der Waals surface area contributed by atoms with Gasteiger partial charge >= 0.3 is 6.03 Å². The predicted octanol–water partition coefficient (Wildman–Crippen LogP) is 1.47. The number of hydrogen-bond acceptors (Lipinski definition) is 3. The molecule has 0 aliphatic carbocycles. The molecule has 0 radical (unpaired) electrons. The lowest BCUT2D eigenvalue weighted by molar-refractivity contribution is -0.118. The molecule has 1 aliphatic rings. The van der Waals surface area contributed by atoms with Crippen LogP contribution in [0.2, 0.25) is 0 Å². The average molecular weight is 205 g/mol. The van der Waals surface area contributed by atoms with E-state index in [0.717, 1.165) is 5.69 Å². The number of carbonyl (C=O) groups excluding carboxylic acids is 1. The lowest BCUT2D eigenvalue weighted by Crippen LogP contribution is -2.48. The molecule has 0 atom stereocenters. The highest BCUT2D eigenvalue weighted by Gasteiger charge is 2.18. The van der Waals surface area contributed by atoms with Gasteiger partial charge in [-0.3, -0.25) is 9.74 Å². The van der Waals surface area contributed by atoms with Gasteiger partial charge in [0.05, 0.1) is 19.0 Å².